The first-order valence-electron chi connectivity index (χ1n) is 4.63. The van der Waals surface area contributed by atoms with Crippen molar-refractivity contribution in [2.45, 2.75) is 50.2 Å². The minimum absolute atomic E-state index is 0.280. The minimum atomic E-state index is 0.280. The van der Waals surface area contributed by atoms with E-state index in [1.165, 1.54) is 0 Å². The molecule has 0 radical (unpaired) electrons. The van der Waals surface area contributed by atoms with E-state index in [0.29, 0.717) is 10.5 Å². The average molecular weight is 191 g/mol. The highest BCUT2D eigenvalue weighted by molar-refractivity contribution is 8.00. The van der Waals surface area contributed by atoms with Crippen LogP contribution < -0.4 is 5.73 Å². The Morgan fingerprint density at radius 3 is 2.42 bits per heavy atom. The summed E-state index contributed by atoms with van der Waals surface area (Å²) in [5.74, 6) is 0. The number of hydrogen-bond acceptors (Lipinski definition) is 3. The van der Waals surface area contributed by atoms with Gasteiger partial charge in [-0.3, -0.25) is 0 Å². The van der Waals surface area contributed by atoms with E-state index >= 15 is 0 Å². The van der Waals surface area contributed by atoms with E-state index in [1.807, 2.05) is 11.8 Å². The Kier molecular flexibility index (Phi) is 6.90. The molecule has 2 nitrogen and oxygen atoms in total. The molecule has 0 aromatic rings. The second-order valence-corrected chi connectivity index (χ2v) is 5.06. The van der Waals surface area contributed by atoms with Crippen LogP contribution in [0.4, 0.5) is 0 Å². The van der Waals surface area contributed by atoms with Crippen LogP contribution in [-0.2, 0) is 0 Å². The Morgan fingerprint density at radius 1 is 1.42 bits per heavy atom. The smallest absolute Gasteiger partial charge is 0.0441 e. The fourth-order valence-corrected chi connectivity index (χ4v) is 2.42. The van der Waals surface area contributed by atoms with E-state index in [-0.39, 0.29) is 12.6 Å². The zero-order valence-corrected chi connectivity index (χ0v) is 9.10. The van der Waals surface area contributed by atoms with Gasteiger partial charge in [-0.2, -0.15) is 11.8 Å². The first-order valence-corrected chi connectivity index (χ1v) is 5.58. The fraction of sp³-hybridized carbons (Fsp3) is 1.00. The third-order valence-corrected chi connectivity index (χ3v) is 3.54. The Morgan fingerprint density at radius 2 is 2.00 bits per heavy atom. The molecular weight excluding hydrogens is 170 g/mol. The molecule has 3 atom stereocenters. The standard InChI is InChI=1S/C9H21NOS/c1-4-9(10)8(3)12-7(2)5-6-11/h7-9,11H,4-6,10H2,1-3H3. The van der Waals surface area contributed by atoms with E-state index in [0.717, 1.165) is 12.8 Å². The average Bonchev–Trinajstić information content (AvgIpc) is 2.03. The maximum Gasteiger partial charge on any atom is 0.0441 e. The van der Waals surface area contributed by atoms with Crippen LogP contribution >= 0.6 is 11.8 Å². The zero-order valence-electron chi connectivity index (χ0n) is 8.29. The molecule has 3 N–H and O–H groups in total. The number of rotatable bonds is 6. The van der Waals surface area contributed by atoms with E-state index < -0.39 is 0 Å². The van der Waals surface area contributed by atoms with Gasteiger partial charge in [-0.15, -0.1) is 0 Å². The van der Waals surface area contributed by atoms with Crippen molar-refractivity contribution in [3.8, 4) is 0 Å². The van der Waals surface area contributed by atoms with Crippen LogP contribution in [-0.4, -0.2) is 28.3 Å². The fourth-order valence-electron chi connectivity index (χ4n) is 1.05. The van der Waals surface area contributed by atoms with Crippen molar-refractivity contribution in [3.63, 3.8) is 0 Å². The van der Waals surface area contributed by atoms with Gasteiger partial charge in [0, 0.05) is 23.1 Å². The predicted molar refractivity (Wildman–Crippen MR) is 56.5 cm³/mol. The number of aliphatic hydroxyl groups excluding tert-OH is 1. The maximum absolute atomic E-state index is 8.70. The lowest BCUT2D eigenvalue weighted by atomic mass is 10.2. The molecule has 0 aliphatic carbocycles. The van der Waals surface area contributed by atoms with Crippen molar-refractivity contribution in [2.75, 3.05) is 6.61 Å². The molecular formula is C9H21NOS. The lowest BCUT2D eigenvalue weighted by molar-refractivity contribution is 0.288. The first kappa shape index (κ1) is 12.3. The molecule has 3 unspecified atom stereocenters. The van der Waals surface area contributed by atoms with Gasteiger partial charge in [0.25, 0.3) is 0 Å². The Labute approximate surface area is 79.9 Å². The van der Waals surface area contributed by atoms with E-state index in [4.69, 9.17) is 10.8 Å². The number of aliphatic hydroxyl groups is 1. The van der Waals surface area contributed by atoms with Crippen LogP contribution in [0, 0.1) is 0 Å². The number of thioether (sulfide) groups is 1. The summed E-state index contributed by atoms with van der Waals surface area (Å²) in [6.07, 6.45) is 1.89. The van der Waals surface area contributed by atoms with E-state index in [1.54, 1.807) is 0 Å². The number of hydrogen-bond donors (Lipinski definition) is 2. The normalized spacial score (nSPS) is 18.8. The highest BCUT2D eigenvalue weighted by Crippen LogP contribution is 2.22. The van der Waals surface area contributed by atoms with Crippen LogP contribution in [0.2, 0.25) is 0 Å². The van der Waals surface area contributed by atoms with Crippen molar-refractivity contribution in [2.24, 2.45) is 5.73 Å². The van der Waals surface area contributed by atoms with Crippen LogP contribution in [0.1, 0.15) is 33.6 Å². The molecule has 0 spiro atoms. The summed E-state index contributed by atoms with van der Waals surface area (Å²) < 4.78 is 0. The highest BCUT2D eigenvalue weighted by atomic mass is 32.2. The molecule has 0 aliphatic rings. The van der Waals surface area contributed by atoms with Crippen molar-refractivity contribution in [1.29, 1.82) is 0 Å². The molecule has 0 aliphatic heterocycles. The lowest BCUT2D eigenvalue weighted by Gasteiger charge is -2.21. The maximum atomic E-state index is 8.70. The zero-order chi connectivity index (χ0) is 9.56. The molecule has 0 heterocycles. The topological polar surface area (TPSA) is 46.2 Å². The summed E-state index contributed by atoms with van der Waals surface area (Å²) >= 11 is 1.87. The Balaban J connectivity index is 3.59. The highest BCUT2D eigenvalue weighted by Gasteiger charge is 2.14. The van der Waals surface area contributed by atoms with Crippen molar-refractivity contribution in [1.82, 2.24) is 0 Å². The summed E-state index contributed by atoms with van der Waals surface area (Å²) in [4.78, 5) is 0. The molecule has 0 fully saturated rings. The minimum Gasteiger partial charge on any atom is -0.396 e. The van der Waals surface area contributed by atoms with Crippen molar-refractivity contribution >= 4 is 11.8 Å². The molecule has 3 heteroatoms. The van der Waals surface area contributed by atoms with Crippen LogP contribution in [0.3, 0.4) is 0 Å². The van der Waals surface area contributed by atoms with Gasteiger partial charge in [0.2, 0.25) is 0 Å². The van der Waals surface area contributed by atoms with Crippen LogP contribution in [0.5, 0.6) is 0 Å². The van der Waals surface area contributed by atoms with Crippen LogP contribution in [0.25, 0.3) is 0 Å². The van der Waals surface area contributed by atoms with Gasteiger partial charge in [0.1, 0.15) is 0 Å². The summed E-state index contributed by atoms with van der Waals surface area (Å²) in [5.41, 5.74) is 5.88. The molecule has 74 valence electrons. The quantitative estimate of drug-likeness (QED) is 0.670. The van der Waals surface area contributed by atoms with E-state index in [2.05, 4.69) is 20.8 Å². The molecule has 12 heavy (non-hydrogen) atoms. The summed E-state index contributed by atoms with van der Waals surface area (Å²) in [7, 11) is 0. The second-order valence-electron chi connectivity index (χ2n) is 3.24. The Hall–Kier alpha value is 0.270. The SMILES string of the molecule is CCC(N)C(C)SC(C)CCO. The Bertz CT molecular complexity index is 111. The van der Waals surface area contributed by atoms with Gasteiger partial charge in [0.15, 0.2) is 0 Å². The molecule has 0 aromatic heterocycles. The van der Waals surface area contributed by atoms with Gasteiger partial charge >= 0.3 is 0 Å². The van der Waals surface area contributed by atoms with Gasteiger partial charge in [-0.1, -0.05) is 20.8 Å². The molecule has 0 rings (SSSR count). The summed E-state index contributed by atoms with van der Waals surface area (Å²) in [6, 6.07) is 0.288. The molecule has 0 saturated carbocycles. The van der Waals surface area contributed by atoms with Gasteiger partial charge in [-0.05, 0) is 12.8 Å². The molecule has 0 amide bonds. The van der Waals surface area contributed by atoms with Gasteiger partial charge in [-0.25, -0.2) is 0 Å². The first-order chi connectivity index (χ1) is 5.61. The molecule has 0 saturated heterocycles. The lowest BCUT2D eigenvalue weighted by Crippen LogP contribution is -2.30. The van der Waals surface area contributed by atoms with Crippen LogP contribution in [0.15, 0.2) is 0 Å². The number of nitrogens with two attached hydrogens (primary N) is 1. The molecule has 0 bridgehead atoms. The van der Waals surface area contributed by atoms with Crippen molar-refractivity contribution < 1.29 is 5.11 Å². The second kappa shape index (κ2) is 6.75. The molecule has 0 aromatic carbocycles. The van der Waals surface area contributed by atoms with Gasteiger partial charge < -0.3 is 10.8 Å². The monoisotopic (exact) mass is 191 g/mol. The van der Waals surface area contributed by atoms with E-state index in [9.17, 15) is 0 Å². The predicted octanol–water partition coefficient (Wildman–Crippen LogP) is 1.62. The third kappa shape index (κ3) is 5.01. The summed E-state index contributed by atoms with van der Waals surface area (Å²) in [5, 5.41) is 9.71. The van der Waals surface area contributed by atoms with Gasteiger partial charge in [0.05, 0.1) is 0 Å². The third-order valence-electron chi connectivity index (χ3n) is 2.06. The largest absolute Gasteiger partial charge is 0.396 e. The van der Waals surface area contributed by atoms with Crippen molar-refractivity contribution in [3.05, 3.63) is 0 Å². The summed E-state index contributed by atoms with van der Waals surface area (Å²) in [6.45, 7) is 6.69.